The zero-order chi connectivity index (χ0) is 27.2. The normalized spacial score (nSPS) is 14.6. The molecule has 1 aliphatic rings. The number of nitrogens with one attached hydrogen (secondary N) is 1. The largest absolute Gasteiger partial charge is 0.450 e. The number of amides is 1. The third kappa shape index (κ3) is 4.62. The Morgan fingerprint density at radius 2 is 2.00 bits per heavy atom. The number of imidazole rings is 1. The van der Waals surface area contributed by atoms with Crippen LogP contribution in [0.2, 0.25) is 5.02 Å². The number of rotatable bonds is 6. The number of aromatic nitrogens is 7. The van der Waals surface area contributed by atoms with E-state index in [9.17, 15) is 4.79 Å². The number of carbonyl (C=O) groups excluding carboxylic acids is 1. The van der Waals surface area contributed by atoms with Crippen molar-refractivity contribution in [3.05, 3.63) is 53.5 Å². The summed E-state index contributed by atoms with van der Waals surface area (Å²) in [7, 11) is 1.83. The van der Waals surface area contributed by atoms with Gasteiger partial charge in [0.1, 0.15) is 16.2 Å². The van der Waals surface area contributed by atoms with Crippen molar-refractivity contribution in [2.75, 3.05) is 18.4 Å². The molecule has 3 N–H and O–H groups in total. The topological polar surface area (TPSA) is 142 Å². The molecule has 0 atom stereocenters. The number of fused-ring (bicyclic) bond motifs is 1. The van der Waals surface area contributed by atoms with Crippen LogP contribution in [0.15, 0.2) is 37.1 Å². The first kappa shape index (κ1) is 25.5. The molecule has 13 heteroatoms. The molecule has 0 saturated carbocycles. The summed E-state index contributed by atoms with van der Waals surface area (Å²) in [4.78, 5) is 30.8. The van der Waals surface area contributed by atoms with Crippen molar-refractivity contribution in [3.8, 4) is 5.75 Å². The van der Waals surface area contributed by atoms with E-state index < -0.39 is 0 Å². The van der Waals surface area contributed by atoms with Crippen LogP contribution in [0.1, 0.15) is 45.1 Å². The number of pyridine rings is 1. The van der Waals surface area contributed by atoms with Crippen LogP contribution in [0.3, 0.4) is 0 Å². The molecule has 0 radical (unpaired) electrons. The Labute approximate surface area is 224 Å². The minimum absolute atomic E-state index is 0.0715. The van der Waals surface area contributed by atoms with Crippen LogP contribution in [0.4, 0.5) is 11.8 Å². The number of carbonyl (C=O) groups is 1. The van der Waals surface area contributed by atoms with E-state index in [1.165, 1.54) is 18.6 Å². The van der Waals surface area contributed by atoms with Crippen LogP contribution in [-0.4, -0.2) is 58.2 Å². The van der Waals surface area contributed by atoms with E-state index in [0.717, 1.165) is 5.69 Å². The van der Waals surface area contributed by atoms with Gasteiger partial charge in [-0.1, -0.05) is 32.4 Å². The predicted octanol–water partition coefficient (Wildman–Crippen LogP) is 3.39. The maximum atomic E-state index is 11.7. The molecule has 0 unspecified atom stereocenters. The van der Waals surface area contributed by atoms with Gasteiger partial charge in [-0.3, -0.25) is 14.5 Å². The van der Waals surface area contributed by atoms with Crippen molar-refractivity contribution in [1.82, 2.24) is 39.2 Å². The van der Waals surface area contributed by atoms with Gasteiger partial charge < -0.3 is 25.3 Å². The van der Waals surface area contributed by atoms with Crippen LogP contribution >= 0.6 is 11.6 Å². The molecule has 1 amide bonds. The fourth-order valence-corrected chi connectivity index (χ4v) is 4.59. The highest BCUT2D eigenvalue weighted by Gasteiger charge is 2.34. The minimum Gasteiger partial charge on any atom is -0.450 e. The smallest absolute Gasteiger partial charge is 0.219 e. The average molecular weight is 537 g/mol. The molecule has 0 aliphatic carbocycles. The second-order valence-corrected chi connectivity index (χ2v) is 10.5. The molecule has 198 valence electrons. The van der Waals surface area contributed by atoms with Crippen molar-refractivity contribution < 1.29 is 9.53 Å². The summed E-state index contributed by atoms with van der Waals surface area (Å²) in [6.07, 6.45) is 7.42. The number of hydrogen-bond acceptors (Lipinski definition) is 9. The number of anilines is 2. The predicted molar refractivity (Wildman–Crippen MR) is 144 cm³/mol. The highest BCUT2D eigenvalue weighted by atomic mass is 35.5. The van der Waals surface area contributed by atoms with Gasteiger partial charge in [0.2, 0.25) is 11.9 Å². The summed E-state index contributed by atoms with van der Waals surface area (Å²) in [6.45, 7) is 9.27. The molecule has 0 bridgehead atoms. The van der Waals surface area contributed by atoms with Gasteiger partial charge in [-0.15, -0.1) is 0 Å². The van der Waals surface area contributed by atoms with Crippen LogP contribution < -0.4 is 15.8 Å². The van der Waals surface area contributed by atoms with E-state index in [1.807, 2.05) is 17.8 Å². The molecule has 1 saturated heterocycles. The van der Waals surface area contributed by atoms with Crippen LogP contribution in [0, 0.1) is 0 Å². The summed E-state index contributed by atoms with van der Waals surface area (Å²) >= 11 is 6.74. The lowest BCUT2D eigenvalue weighted by atomic mass is 9.91. The molecule has 1 fully saturated rings. The molecule has 0 spiro atoms. The Bertz CT molecular complexity index is 1530. The Hall–Kier alpha value is -4.19. The molecule has 0 aromatic carbocycles. The van der Waals surface area contributed by atoms with Crippen LogP contribution in [0.5, 0.6) is 5.75 Å². The van der Waals surface area contributed by atoms with Crippen molar-refractivity contribution >= 4 is 46.2 Å². The number of nitrogens with two attached hydrogens (primary N) is 1. The number of aryl methyl sites for hydroxylation is 1. The first-order valence-corrected chi connectivity index (χ1v) is 12.4. The third-order valence-corrected chi connectivity index (χ3v) is 6.75. The van der Waals surface area contributed by atoms with E-state index in [0.29, 0.717) is 58.2 Å². The Kier molecular flexibility index (Phi) is 6.43. The summed E-state index contributed by atoms with van der Waals surface area (Å²) < 4.78 is 9.73. The van der Waals surface area contributed by atoms with E-state index >= 15 is 0 Å². The van der Waals surface area contributed by atoms with Crippen LogP contribution in [0.25, 0.3) is 16.9 Å². The molecule has 38 heavy (non-hydrogen) atoms. The number of halogens is 1. The molecule has 4 aromatic heterocycles. The Morgan fingerprint density at radius 1 is 1.24 bits per heavy atom. The monoisotopic (exact) mass is 536 g/mol. The van der Waals surface area contributed by atoms with Gasteiger partial charge >= 0.3 is 0 Å². The van der Waals surface area contributed by atoms with Gasteiger partial charge in [-0.25, -0.2) is 9.97 Å². The number of ether oxygens (including phenoxy) is 1. The van der Waals surface area contributed by atoms with Crippen molar-refractivity contribution in [1.29, 1.82) is 0 Å². The highest BCUT2D eigenvalue weighted by molar-refractivity contribution is 6.36. The van der Waals surface area contributed by atoms with Crippen molar-refractivity contribution in [3.63, 3.8) is 0 Å². The highest BCUT2D eigenvalue weighted by Crippen LogP contribution is 2.36. The fraction of sp³-hybridized carbons (Fsp3) is 0.360. The lowest BCUT2D eigenvalue weighted by Crippen LogP contribution is -2.50. The third-order valence-electron chi connectivity index (χ3n) is 6.39. The quantitative estimate of drug-likeness (QED) is 0.354. The van der Waals surface area contributed by atoms with E-state index in [2.05, 4.69) is 46.0 Å². The first-order chi connectivity index (χ1) is 18.1. The zero-order valence-electron chi connectivity index (χ0n) is 21.8. The summed E-state index contributed by atoms with van der Waals surface area (Å²) in [5.74, 6) is 1.82. The summed E-state index contributed by atoms with van der Waals surface area (Å²) in [5.41, 5.74) is 8.15. The van der Waals surface area contributed by atoms with Gasteiger partial charge in [0, 0.05) is 62.8 Å². The maximum Gasteiger partial charge on any atom is 0.219 e. The zero-order valence-corrected chi connectivity index (χ0v) is 22.6. The fourth-order valence-electron chi connectivity index (χ4n) is 4.29. The molecular formula is C25H29ClN10O2. The Balaban J connectivity index is 1.44. The van der Waals surface area contributed by atoms with E-state index in [-0.39, 0.29) is 17.4 Å². The van der Waals surface area contributed by atoms with Gasteiger partial charge in [-0.05, 0) is 0 Å². The lowest BCUT2D eigenvalue weighted by molar-refractivity contribution is -0.134. The van der Waals surface area contributed by atoms with Crippen LogP contribution in [-0.2, 0) is 17.3 Å². The van der Waals surface area contributed by atoms with Gasteiger partial charge in [0.05, 0.1) is 18.4 Å². The molecule has 1 aliphatic heterocycles. The molecule has 12 nitrogen and oxygen atoms in total. The van der Waals surface area contributed by atoms with E-state index in [1.54, 1.807) is 28.8 Å². The molecule has 5 heterocycles. The summed E-state index contributed by atoms with van der Waals surface area (Å²) in [6, 6.07) is 2.14. The van der Waals surface area contributed by atoms with Gasteiger partial charge in [-0.2, -0.15) is 10.1 Å². The van der Waals surface area contributed by atoms with Crippen molar-refractivity contribution in [2.45, 2.75) is 39.2 Å². The van der Waals surface area contributed by atoms with Gasteiger partial charge in [0.15, 0.2) is 23.0 Å². The Morgan fingerprint density at radius 3 is 2.63 bits per heavy atom. The first-order valence-electron chi connectivity index (χ1n) is 12.1. The molecular weight excluding hydrogens is 508 g/mol. The minimum atomic E-state index is -0.148. The summed E-state index contributed by atoms with van der Waals surface area (Å²) in [5, 5.41) is 8.45. The standard InChI is InChI=1S/C25H29ClN10O2/c1-14(37)35-12-15(13-35)36-19(25(2,3)4)8-20(33-36)31-24-32-23-22(34(24)5)21(26)18(11-30-23)38-17(9-27)16-10-28-6-7-29-16/h6-11,15H,12-13,27H2,1-5H3,(H,30,31,32,33). The average Bonchev–Trinajstić information content (AvgIpc) is 3.40. The van der Waals surface area contributed by atoms with E-state index in [4.69, 9.17) is 27.2 Å². The second kappa shape index (κ2) is 9.60. The molecule has 4 aromatic rings. The lowest BCUT2D eigenvalue weighted by Gasteiger charge is -2.40. The number of hydrogen-bond donors (Lipinski definition) is 2. The number of likely N-dealkylation sites (tertiary alicyclic amines) is 1. The molecule has 5 rings (SSSR count). The second-order valence-electron chi connectivity index (χ2n) is 10.1. The number of nitrogens with zero attached hydrogens (tertiary/aromatic N) is 8. The maximum absolute atomic E-state index is 11.7. The van der Waals surface area contributed by atoms with Gasteiger partial charge in [0.25, 0.3) is 0 Å². The SMILES string of the molecule is CC(=O)N1CC(n2nc(Nc3nc4ncc(OC(=CN)c5cnccn5)c(Cl)c4n3C)cc2C(C)(C)C)C1. The van der Waals surface area contributed by atoms with Crippen molar-refractivity contribution in [2.24, 2.45) is 12.8 Å².